The van der Waals surface area contributed by atoms with Gasteiger partial charge in [0.15, 0.2) is 0 Å². The van der Waals surface area contributed by atoms with Crippen molar-refractivity contribution >= 4 is 23.2 Å². The number of carbonyl (C=O) groups is 1. The van der Waals surface area contributed by atoms with Crippen molar-refractivity contribution < 1.29 is 4.79 Å². The number of hydrogen-bond donors (Lipinski definition) is 0. The molecule has 1 amide bonds. The van der Waals surface area contributed by atoms with Crippen molar-refractivity contribution in [1.82, 2.24) is 9.80 Å². The maximum atomic E-state index is 12.4. The zero-order valence-electron chi connectivity index (χ0n) is 15.6. The van der Waals surface area contributed by atoms with E-state index in [9.17, 15) is 4.79 Å². The molecule has 2 aromatic carbocycles. The van der Waals surface area contributed by atoms with E-state index in [1.54, 1.807) is 0 Å². The Morgan fingerprint density at radius 1 is 0.815 bits per heavy atom. The van der Waals surface area contributed by atoms with Crippen LogP contribution in [-0.4, -0.2) is 55.0 Å². The summed E-state index contributed by atoms with van der Waals surface area (Å²) >= 11 is 5.98. The minimum Gasteiger partial charge on any atom is -0.369 e. The molecule has 0 spiro atoms. The van der Waals surface area contributed by atoms with Gasteiger partial charge in [-0.3, -0.25) is 9.69 Å². The molecule has 0 unspecified atom stereocenters. The molecule has 2 aromatic rings. The SMILES string of the molecule is O=C(c1ccc(CN2CCN(c3ccc(Cl)cc3)CC2)cc1)N1CCCC1. The number of nitrogens with zero attached hydrogens (tertiary/aromatic N) is 3. The normalized spacial score (nSPS) is 18.1. The number of halogens is 1. The second-order valence-corrected chi connectivity index (χ2v) is 7.87. The molecule has 0 aromatic heterocycles. The molecule has 5 heteroatoms. The maximum absolute atomic E-state index is 12.4. The van der Waals surface area contributed by atoms with Gasteiger partial charge in [0.2, 0.25) is 0 Å². The Morgan fingerprint density at radius 2 is 1.44 bits per heavy atom. The number of likely N-dealkylation sites (tertiary alicyclic amines) is 1. The lowest BCUT2D eigenvalue weighted by Gasteiger charge is -2.36. The molecule has 0 atom stereocenters. The first-order valence-electron chi connectivity index (χ1n) is 9.80. The van der Waals surface area contributed by atoms with Crippen molar-refractivity contribution in [2.24, 2.45) is 0 Å². The average molecular weight is 384 g/mol. The van der Waals surface area contributed by atoms with Crippen LogP contribution >= 0.6 is 11.6 Å². The molecule has 4 nitrogen and oxygen atoms in total. The minimum absolute atomic E-state index is 0.177. The summed E-state index contributed by atoms with van der Waals surface area (Å²) in [7, 11) is 0. The third-order valence-corrected chi connectivity index (χ3v) is 5.82. The monoisotopic (exact) mass is 383 g/mol. The van der Waals surface area contributed by atoms with Crippen LogP contribution in [0.5, 0.6) is 0 Å². The van der Waals surface area contributed by atoms with Gasteiger partial charge in [-0.15, -0.1) is 0 Å². The first-order valence-corrected chi connectivity index (χ1v) is 10.2. The fourth-order valence-electron chi connectivity index (χ4n) is 3.93. The predicted molar refractivity (Wildman–Crippen MR) is 111 cm³/mol. The van der Waals surface area contributed by atoms with E-state index in [-0.39, 0.29) is 5.91 Å². The quantitative estimate of drug-likeness (QED) is 0.801. The van der Waals surface area contributed by atoms with Crippen molar-refractivity contribution in [1.29, 1.82) is 0 Å². The molecule has 0 bridgehead atoms. The maximum Gasteiger partial charge on any atom is 0.253 e. The third kappa shape index (κ3) is 4.45. The Hall–Kier alpha value is -2.04. The number of hydrogen-bond acceptors (Lipinski definition) is 3. The molecule has 0 saturated carbocycles. The fraction of sp³-hybridized carbons (Fsp3) is 0.409. The highest BCUT2D eigenvalue weighted by Crippen LogP contribution is 2.20. The number of benzene rings is 2. The molecule has 0 radical (unpaired) electrons. The van der Waals surface area contributed by atoms with E-state index < -0.39 is 0 Å². The van der Waals surface area contributed by atoms with Crippen LogP contribution in [-0.2, 0) is 6.54 Å². The number of carbonyl (C=O) groups excluding carboxylic acids is 1. The molecule has 2 aliphatic rings. The predicted octanol–water partition coefficient (Wildman–Crippen LogP) is 3.90. The summed E-state index contributed by atoms with van der Waals surface area (Å²) < 4.78 is 0. The summed E-state index contributed by atoms with van der Waals surface area (Å²) in [6.07, 6.45) is 2.26. The van der Waals surface area contributed by atoms with E-state index in [0.29, 0.717) is 0 Å². The van der Waals surface area contributed by atoms with Gasteiger partial charge in [-0.05, 0) is 54.8 Å². The van der Waals surface area contributed by atoms with E-state index in [1.165, 1.54) is 11.3 Å². The van der Waals surface area contributed by atoms with Crippen LogP contribution in [0.2, 0.25) is 5.02 Å². The van der Waals surface area contributed by atoms with E-state index >= 15 is 0 Å². The molecule has 0 aliphatic carbocycles. The highest BCUT2D eigenvalue weighted by Gasteiger charge is 2.20. The number of piperazine rings is 1. The molecule has 2 heterocycles. The summed E-state index contributed by atoms with van der Waals surface area (Å²) in [6, 6.07) is 16.3. The van der Waals surface area contributed by atoms with Crippen molar-refractivity contribution in [3.63, 3.8) is 0 Å². The topological polar surface area (TPSA) is 26.8 Å². The number of rotatable bonds is 4. The van der Waals surface area contributed by atoms with Gasteiger partial charge >= 0.3 is 0 Å². The minimum atomic E-state index is 0.177. The summed E-state index contributed by atoms with van der Waals surface area (Å²) in [5, 5.41) is 0.782. The highest BCUT2D eigenvalue weighted by atomic mass is 35.5. The van der Waals surface area contributed by atoms with Gasteiger partial charge in [0.25, 0.3) is 5.91 Å². The Labute approximate surface area is 166 Å². The van der Waals surface area contributed by atoms with Gasteiger partial charge in [-0.25, -0.2) is 0 Å². The van der Waals surface area contributed by atoms with Crippen LogP contribution < -0.4 is 4.90 Å². The first kappa shape index (κ1) is 18.3. The fourth-order valence-corrected chi connectivity index (χ4v) is 4.06. The molecule has 2 aliphatic heterocycles. The van der Waals surface area contributed by atoms with Gasteiger partial charge in [0.1, 0.15) is 0 Å². The molecular formula is C22H26ClN3O. The van der Waals surface area contributed by atoms with Crippen molar-refractivity contribution in [2.45, 2.75) is 19.4 Å². The van der Waals surface area contributed by atoms with Gasteiger partial charge < -0.3 is 9.80 Å². The Kier molecular flexibility index (Phi) is 5.65. The first-order chi connectivity index (χ1) is 13.2. The lowest BCUT2D eigenvalue weighted by atomic mass is 10.1. The van der Waals surface area contributed by atoms with Gasteiger partial charge in [0.05, 0.1) is 0 Å². The zero-order valence-corrected chi connectivity index (χ0v) is 16.4. The van der Waals surface area contributed by atoms with Gasteiger partial charge in [-0.2, -0.15) is 0 Å². The zero-order chi connectivity index (χ0) is 18.6. The van der Waals surface area contributed by atoms with Crippen LogP contribution in [0.3, 0.4) is 0 Å². The van der Waals surface area contributed by atoms with Crippen LogP contribution in [0.25, 0.3) is 0 Å². The lowest BCUT2D eigenvalue weighted by Crippen LogP contribution is -2.45. The largest absolute Gasteiger partial charge is 0.369 e. The van der Waals surface area contributed by atoms with Crippen molar-refractivity contribution in [3.05, 3.63) is 64.7 Å². The Balaban J connectivity index is 1.30. The van der Waals surface area contributed by atoms with E-state index in [1.807, 2.05) is 29.2 Å². The number of anilines is 1. The summed E-state index contributed by atoms with van der Waals surface area (Å²) in [5.74, 6) is 0.177. The van der Waals surface area contributed by atoms with Crippen LogP contribution in [0, 0.1) is 0 Å². The molecule has 2 fully saturated rings. The van der Waals surface area contributed by atoms with Gasteiger partial charge in [0, 0.05) is 62.1 Å². The summed E-state index contributed by atoms with van der Waals surface area (Å²) in [5.41, 5.74) is 3.32. The van der Waals surface area contributed by atoms with Crippen LogP contribution in [0.1, 0.15) is 28.8 Å². The second-order valence-electron chi connectivity index (χ2n) is 7.44. The van der Waals surface area contributed by atoms with Crippen LogP contribution in [0.4, 0.5) is 5.69 Å². The molecule has 142 valence electrons. The molecule has 2 saturated heterocycles. The van der Waals surface area contributed by atoms with Gasteiger partial charge in [-0.1, -0.05) is 23.7 Å². The Morgan fingerprint density at radius 3 is 2.07 bits per heavy atom. The standard InChI is InChI=1S/C22H26ClN3O/c23-20-7-9-21(10-8-20)25-15-13-24(14-16-25)17-18-3-5-19(6-4-18)22(27)26-11-1-2-12-26/h3-10H,1-2,11-17H2. The second kappa shape index (κ2) is 8.32. The third-order valence-electron chi connectivity index (χ3n) is 5.56. The molecule has 27 heavy (non-hydrogen) atoms. The summed E-state index contributed by atoms with van der Waals surface area (Å²) in [6.45, 7) is 6.86. The van der Waals surface area contributed by atoms with Crippen LogP contribution in [0.15, 0.2) is 48.5 Å². The smallest absolute Gasteiger partial charge is 0.253 e. The molecular weight excluding hydrogens is 358 g/mol. The van der Waals surface area contributed by atoms with E-state index in [2.05, 4.69) is 34.1 Å². The lowest BCUT2D eigenvalue weighted by molar-refractivity contribution is 0.0793. The highest BCUT2D eigenvalue weighted by molar-refractivity contribution is 6.30. The summed E-state index contributed by atoms with van der Waals surface area (Å²) in [4.78, 5) is 19.3. The number of amides is 1. The average Bonchev–Trinajstić information content (AvgIpc) is 3.24. The van der Waals surface area contributed by atoms with Crippen molar-refractivity contribution in [2.75, 3.05) is 44.2 Å². The Bertz CT molecular complexity index is 761. The molecule has 4 rings (SSSR count). The molecule has 0 N–H and O–H groups in total. The van der Waals surface area contributed by atoms with E-state index in [4.69, 9.17) is 11.6 Å². The van der Waals surface area contributed by atoms with E-state index in [0.717, 1.165) is 69.2 Å². The van der Waals surface area contributed by atoms with Crippen molar-refractivity contribution in [3.8, 4) is 0 Å².